The third-order valence-electron chi connectivity index (χ3n) is 7.72. The minimum Gasteiger partial charge on any atom is -0.465 e. The zero-order valence-electron chi connectivity index (χ0n) is 19.1. The number of benzene rings is 2. The smallest absolute Gasteiger partial charge is 0.337 e. The van der Waals surface area contributed by atoms with Crippen LogP contribution in [-0.2, 0) is 24.4 Å². The molecule has 0 atom stereocenters. The number of nitrogens with zero attached hydrogens (tertiary/aromatic N) is 2. The van der Waals surface area contributed by atoms with Gasteiger partial charge in [0.1, 0.15) is 0 Å². The molecule has 4 aromatic rings. The zero-order chi connectivity index (χ0) is 22.5. The topological polar surface area (TPSA) is 56.4 Å². The second-order valence-corrected chi connectivity index (χ2v) is 9.51. The van der Waals surface area contributed by atoms with Gasteiger partial charge in [0.25, 0.3) is 0 Å². The summed E-state index contributed by atoms with van der Waals surface area (Å²) in [7, 11) is 1.44. The van der Waals surface area contributed by atoms with E-state index in [-0.39, 0.29) is 12.6 Å². The molecule has 2 aliphatic rings. The van der Waals surface area contributed by atoms with E-state index in [9.17, 15) is 9.90 Å². The molecular formula is C28H30N2O3. The molecule has 0 unspecified atom stereocenters. The fraction of sp³-hybridized carbons (Fsp3) is 0.393. The molecule has 5 nitrogen and oxygen atoms in total. The van der Waals surface area contributed by atoms with Gasteiger partial charge < -0.3 is 19.0 Å². The molecule has 0 spiro atoms. The number of hydrogen-bond donors (Lipinski definition) is 1. The summed E-state index contributed by atoms with van der Waals surface area (Å²) in [6, 6.07) is 14.7. The Hall–Kier alpha value is -3.05. The quantitative estimate of drug-likeness (QED) is 0.396. The van der Waals surface area contributed by atoms with Gasteiger partial charge in [-0.2, -0.15) is 0 Å². The number of hydrogen-bond acceptors (Lipinski definition) is 3. The van der Waals surface area contributed by atoms with Crippen molar-refractivity contribution in [2.24, 2.45) is 0 Å². The van der Waals surface area contributed by atoms with Gasteiger partial charge in [0.05, 0.1) is 30.5 Å². The van der Waals surface area contributed by atoms with Gasteiger partial charge in [0.2, 0.25) is 0 Å². The number of aromatic nitrogens is 2. The molecule has 3 heterocycles. The molecule has 1 N–H and O–H groups in total. The molecule has 1 fully saturated rings. The fourth-order valence-corrected chi connectivity index (χ4v) is 6.29. The van der Waals surface area contributed by atoms with E-state index in [0.717, 1.165) is 30.7 Å². The van der Waals surface area contributed by atoms with Crippen molar-refractivity contribution in [3.05, 3.63) is 59.3 Å². The fourth-order valence-electron chi connectivity index (χ4n) is 6.29. The summed E-state index contributed by atoms with van der Waals surface area (Å²) in [5, 5.41) is 12.5. The van der Waals surface area contributed by atoms with E-state index < -0.39 is 0 Å². The van der Waals surface area contributed by atoms with Gasteiger partial charge in [-0.05, 0) is 48.9 Å². The Morgan fingerprint density at radius 3 is 2.64 bits per heavy atom. The first-order chi connectivity index (χ1) is 16.2. The number of esters is 1. The van der Waals surface area contributed by atoms with Crippen LogP contribution >= 0.6 is 0 Å². The Morgan fingerprint density at radius 2 is 1.85 bits per heavy atom. The van der Waals surface area contributed by atoms with E-state index in [1.807, 2.05) is 12.1 Å². The molecule has 2 aromatic carbocycles. The van der Waals surface area contributed by atoms with E-state index in [2.05, 4.69) is 39.5 Å². The van der Waals surface area contributed by atoms with Crippen LogP contribution in [0.25, 0.3) is 33.1 Å². The van der Waals surface area contributed by atoms with Crippen LogP contribution in [-0.4, -0.2) is 27.3 Å². The molecule has 1 aliphatic heterocycles. The first-order valence-electron chi connectivity index (χ1n) is 12.2. The summed E-state index contributed by atoms with van der Waals surface area (Å²) in [6.45, 7) is 1.79. The molecule has 1 saturated carbocycles. The lowest BCUT2D eigenvalue weighted by atomic mass is 9.81. The second kappa shape index (κ2) is 8.07. The lowest BCUT2D eigenvalue weighted by molar-refractivity contribution is 0.0601. The number of rotatable bonds is 3. The van der Waals surface area contributed by atoms with Crippen LogP contribution in [0.2, 0.25) is 0 Å². The number of fused-ring (bicyclic) bond motifs is 4. The number of aliphatic hydroxyl groups is 1. The van der Waals surface area contributed by atoms with Gasteiger partial charge in [-0.1, -0.05) is 43.5 Å². The van der Waals surface area contributed by atoms with Gasteiger partial charge in [-0.15, -0.1) is 0 Å². The summed E-state index contributed by atoms with van der Waals surface area (Å²) in [5.74, 6) is 0.234. The summed E-state index contributed by atoms with van der Waals surface area (Å²) in [6.07, 6.45) is 7.25. The van der Waals surface area contributed by atoms with Crippen LogP contribution in [0.4, 0.5) is 0 Å². The van der Waals surface area contributed by atoms with Crippen molar-refractivity contribution in [2.45, 2.75) is 64.1 Å². The first kappa shape index (κ1) is 20.5. The number of carbonyl (C=O) groups is 1. The zero-order valence-corrected chi connectivity index (χ0v) is 19.1. The molecule has 170 valence electrons. The highest BCUT2D eigenvalue weighted by Gasteiger charge is 2.29. The number of ether oxygens (including phenoxy) is 1. The Bertz CT molecular complexity index is 1370. The van der Waals surface area contributed by atoms with Gasteiger partial charge in [-0.3, -0.25) is 0 Å². The predicted octanol–water partition coefficient (Wildman–Crippen LogP) is 5.99. The maximum atomic E-state index is 12.4. The van der Waals surface area contributed by atoms with E-state index in [1.54, 1.807) is 0 Å². The molecule has 0 saturated heterocycles. The molecule has 5 heteroatoms. The summed E-state index contributed by atoms with van der Waals surface area (Å²) < 4.78 is 9.80. The van der Waals surface area contributed by atoms with Crippen LogP contribution in [0.15, 0.2) is 42.5 Å². The maximum absolute atomic E-state index is 12.4. The van der Waals surface area contributed by atoms with Gasteiger partial charge in [0, 0.05) is 40.6 Å². The highest BCUT2D eigenvalue weighted by Crippen LogP contribution is 2.46. The molecule has 0 bridgehead atoms. The Kier molecular flexibility index (Phi) is 5.02. The molecule has 33 heavy (non-hydrogen) atoms. The second-order valence-electron chi connectivity index (χ2n) is 9.51. The highest BCUT2D eigenvalue weighted by atomic mass is 16.5. The largest absolute Gasteiger partial charge is 0.465 e. The molecular weight excluding hydrogens is 412 g/mol. The normalized spacial score (nSPS) is 16.5. The molecule has 2 aromatic heterocycles. The lowest BCUT2D eigenvalue weighted by Gasteiger charge is -2.25. The van der Waals surface area contributed by atoms with Gasteiger partial charge >= 0.3 is 5.97 Å². The van der Waals surface area contributed by atoms with E-state index >= 15 is 0 Å². The lowest BCUT2D eigenvalue weighted by Crippen LogP contribution is -2.13. The van der Waals surface area contributed by atoms with Crippen LogP contribution in [0.3, 0.4) is 0 Å². The van der Waals surface area contributed by atoms with E-state index in [0.29, 0.717) is 11.5 Å². The van der Waals surface area contributed by atoms with Crippen molar-refractivity contribution in [1.29, 1.82) is 0 Å². The summed E-state index contributed by atoms with van der Waals surface area (Å²) in [4.78, 5) is 12.4. The van der Waals surface area contributed by atoms with Crippen LogP contribution in [0.5, 0.6) is 0 Å². The molecule has 1 aliphatic carbocycles. The van der Waals surface area contributed by atoms with Gasteiger partial charge in [0.15, 0.2) is 0 Å². The monoisotopic (exact) mass is 442 g/mol. The predicted molar refractivity (Wildman–Crippen MR) is 131 cm³/mol. The number of methoxy groups -OCH3 is 1. The van der Waals surface area contributed by atoms with Crippen molar-refractivity contribution in [2.75, 3.05) is 7.11 Å². The molecule has 0 amide bonds. The van der Waals surface area contributed by atoms with Crippen molar-refractivity contribution in [1.82, 2.24) is 9.13 Å². The van der Waals surface area contributed by atoms with Crippen LogP contribution in [0, 0.1) is 0 Å². The number of para-hydroxylation sites is 1. The van der Waals surface area contributed by atoms with Crippen molar-refractivity contribution < 1.29 is 14.6 Å². The SMILES string of the molecule is COC(=O)c1ccc2c(C3CCCCC3)c3n(c2c1)CCCn1c(CO)cc2cccc-3c21. The van der Waals surface area contributed by atoms with Crippen LogP contribution in [0.1, 0.15) is 66.1 Å². The van der Waals surface area contributed by atoms with Crippen LogP contribution < -0.4 is 0 Å². The first-order valence-corrected chi connectivity index (χ1v) is 12.2. The number of aryl methyl sites for hydroxylation is 2. The van der Waals surface area contributed by atoms with E-state index in [1.165, 1.54) is 72.3 Å². The average molecular weight is 443 g/mol. The van der Waals surface area contributed by atoms with Crippen molar-refractivity contribution in [3.8, 4) is 11.3 Å². The number of aliphatic hydroxyl groups excluding tert-OH is 1. The Labute approximate surface area is 193 Å². The molecule has 6 rings (SSSR count). The average Bonchev–Trinajstić information content (AvgIpc) is 3.37. The molecule has 0 radical (unpaired) electrons. The third kappa shape index (κ3) is 3.13. The minimum atomic E-state index is -0.291. The van der Waals surface area contributed by atoms with Gasteiger partial charge in [-0.25, -0.2) is 4.79 Å². The van der Waals surface area contributed by atoms with Crippen molar-refractivity contribution in [3.63, 3.8) is 0 Å². The van der Waals surface area contributed by atoms with E-state index in [4.69, 9.17) is 4.74 Å². The Morgan fingerprint density at radius 1 is 1.03 bits per heavy atom. The summed E-state index contributed by atoms with van der Waals surface area (Å²) in [5.41, 5.74) is 7.91. The Balaban J connectivity index is 1.71. The highest BCUT2D eigenvalue weighted by molar-refractivity contribution is 6.03. The van der Waals surface area contributed by atoms with Crippen molar-refractivity contribution >= 4 is 27.8 Å². The standard InChI is InChI=1S/C28H30N2O3/c1-33-28(32)20-11-12-22-24(16-20)30-14-6-13-29-21(17-31)15-19-9-5-10-23(26(19)29)27(30)25(22)18-7-3-2-4-8-18/h5,9-12,15-16,18,31H,2-4,6-8,13-14,17H2,1H3. The third-order valence-corrected chi connectivity index (χ3v) is 7.72. The summed E-state index contributed by atoms with van der Waals surface area (Å²) >= 11 is 0. The maximum Gasteiger partial charge on any atom is 0.337 e. The minimum absolute atomic E-state index is 0.0507. The number of carbonyl (C=O) groups excluding carboxylic acids is 1.